The van der Waals surface area contributed by atoms with Crippen LogP contribution in [0.3, 0.4) is 0 Å². The number of nitrogens with zero attached hydrogens (tertiary/aromatic N) is 4. The minimum Gasteiger partial charge on any atom is -0.478 e. The van der Waals surface area contributed by atoms with E-state index in [1.807, 2.05) is 19.1 Å². The number of aliphatic carboxylic acids is 1. The average molecular weight is 276 g/mol. The molecule has 0 spiro atoms. The summed E-state index contributed by atoms with van der Waals surface area (Å²) in [6.07, 6.45) is 5.87. The monoisotopic (exact) mass is 276 g/mol. The molecular weight excluding hydrogens is 256 g/mol. The Morgan fingerprint density at radius 2 is 1.95 bits per heavy atom. The van der Waals surface area contributed by atoms with Crippen molar-refractivity contribution in [1.29, 1.82) is 0 Å². The topological polar surface area (TPSA) is 69.6 Å². The second kappa shape index (κ2) is 7.00. The van der Waals surface area contributed by atoms with E-state index in [-0.39, 0.29) is 0 Å². The molecule has 1 aliphatic heterocycles. The molecule has 0 aromatic carbocycles. The van der Waals surface area contributed by atoms with Crippen LogP contribution in [0.25, 0.3) is 0 Å². The van der Waals surface area contributed by atoms with Crippen molar-refractivity contribution >= 4 is 11.9 Å². The molecule has 1 aromatic rings. The summed E-state index contributed by atoms with van der Waals surface area (Å²) in [4.78, 5) is 23.8. The molecule has 2 heterocycles. The Hall–Kier alpha value is -1.95. The Kier molecular flexibility index (Phi) is 5.06. The van der Waals surface area contributed by atoms with E-state index in [0.717, 1.165) is 32.1 Å². The first-order chi connectivity index (χ1) is 9.70. The molecule has 1 fully saturated rings. The van der Waals surface area contributed by atoms with Crippen LogP contribution in [-0.4, -0.2) is 58.7 Å². The molecule has 1 aliphatic rings. The maximum Gasteiger partial charge on any atom is 0.331 e. The average Bonchev–Trinajstić information content (AvgIpc) is 2.49. The third-order valence-corrected chi connectivity index (χ3v) is 3.46. The number of carboxylic acid groups (broad SMARTS) is 1. The fraction of sp³-hybridized carbons (Fsp3) is 0.500. The molecule has 6 nitrogen and oxygen atoms in total. The highest BCUT2D eigenvalue weighted by Gasteiger charge is 2.18. The Bertz CT molecular complexity index is 467. The van der Waals surface area contributed by atoms with E-state index in [4.69, 9.17) is 5.11 Å². The maximum absolute atomic E-state index is 10.9. The zero-order valence-electron chi connectivity index (χ0n) is 11.7. The summed E-state index contributed by atoms with van der Waals surface area (Å²) in [5.74, 6) is -0.0497. The van der Waals surface area contributed by atoms with Crippen LogP contribution >= 0.6 is 0 Å². The fourth-order valence-corrected chi connectivity index (χ4v) is 2.21. The van der Waals surface area contributed by atoms with Gasteiger partial charge in [-0.05, 0) is 12.5 Å². The number of hydrogen-bond donors (Lipinski definition) is 1. The van der Waals surface area contributed by atoms with Crippen molar-refractivity contribution in [3.8, 4) is 0 Å². The van der Waals surface area contributed by atoms with Gasteiger partial charge < -0.3 is 10.0 Å². The molecule has 1 N–H and O–H groups in total. The predicted molar refractivity (Wildman–Crippen MR) is 76.7 cm³/mol. The summed E-state index contributed by atoms with van der Waals surface area (Å²) in [5.41, 5.74) is 0.485. The lowest BCUT2D eigenvalue weighted by Gasteiger charge is -2.34. The van der Waals surface area contributed by atoms with Crippen molar-refractivity contribution in [2.75, 3.05) is 37.6 Å². The summed E-state index contributed by atoms with van der Waals surface area (Å²) >= 11 is 0. The summed E-state index contributed by atoms with van der Waals surface area (Å²) in [6, 6.07) is 1.81. The number of carboxylic acids is 1. The van der Waals surface area contributed by atoms with Crippen LogP contribution in [0.15, 0.2) is 30.1 Å². The van der Waals surface area contributed by atoms with Gasteiger partial charge in [-0.25, -0.2) is 14.8 Å². The quantitative estimate of drug-likeness (QED) is 0.810. The molecule has 0 unspecified atom stereocenters. The molecule has 0 amide bonds. The van der Waals surface area contributed by atoms with Crippen molar-refractivity contribution in [3.63, 3.8) is 0 Å². The molecule has 0 radical (unpaired) electrons. The third-order valence-electron chi connectivity index (χ3n) is 3.46. The van der Waals surface area contributed by atoms with Gasteiger partial charge in [0.05, 0.1) is 0 Å². The molecular formula is C14H20N4O2. The van der Waals surface area contributed by atoms with Crippen molar-refractivity contribution in [2.45, 2.75) is 13.3 Å². The molecule has 20 heavy (non-hydrogen) atoms. The molecule has 1 aromatic heterocycles. The van der Waals surface area contributed by atoms with Crippen LogP contribution in [0.2, 0.25) is 0 Å². The van der Waals surface area contributed by atoms with Crippen LogP contribution in [-0.2, 0) is 4.79 Å². The van der Waals surface area contributed by atoms with Gasteiger partial charge in [-0.1, -0.05) is 13.0 Å². The number of carbonyl (C=O) groups is 1. The van der Waals surface area contributed by atoms with E-state index in [1.165, 1.54) is 0 Å². The number of piperazine rings is 1. The van der Waals surface area contributed by atoms with E-state index in [1.54, 1.807) is 12.4 Å². The van der Waals surface area contributed by atoms with Crippen LogP contribution < -0.4 is 4.90 Å². The van der Waals surface area contributed by atoms with Gasteiger partial charge in [0.25, 0.3) is 0 Å². The summed E-state index contributed by atoms with van der Waals surface area (Å²) < 4.78 is 0. The zero-order valence-corrected chi connectivity index (χ0v) is 11.7. The van der Waals surface area contributed by atoms with Gasteiger partial charge in [0, 0.05) is 50.7 Å². The van der Waals surface area contributed by atoms with Gasteiger partial charge >= 0.3 is 5.97 Å². The van der Waals surface area contributed by atoms with Crippen molar-refractivity contribution < 1.29 is 9.90 Å². The zero-order chi connectivity index (χ0) is 14.4. The van der Waals surface area contributed by atoms with Gasteiger partial charge in [0.15, 0.2) is 0 Å². The first-order valence-corrected chi connectivity index (χ1v) is 6.87. The Morgan fingerprint density at radius 1 is 1.30 bits per heavy atom. The smallest absolute Gasteiger partial charge is 0.331 e. The van der Waals surface area contributed by atoms with E-state index in [0.29, 0.717) is 18.5 Å². The molecule has 108 valence electrons. The van der Waals surface area contributed by atoms with Gasteiger partial charge in [0.2, 0.25) is 5.95 Å². The lowest BCUT2D eigenvalue weighted by Crippen LogP contribution is -2.47. The van der Waals surface area contributed by atoms with E-state index < -0.39 is 5.97 Å². The lowest BCUT2D eigenvalue weighted by molar-refractivity contribution is -0.132. The number of hydrogen-bond acceptors (Lipinski definition) is 5. The molecule has 2 rings (SSSR count). The first-order valence-electron chi connectivity index (χ1n) is 6.87. The Morgan fingerprint density at radius 3 is 2.50 bits per heavy atom. The summed E-state index contributed by atoms with van der Waals surface area (Å²) in [5, 5.41) is 8.98. The second-order valence-electron chi connectivity index (χ2n) is 4.72. The van der Waals surface area contributed by atoms with Crippen molar-refractivity contribution in [2.24, 2.45) is 0 Å². The maximum atomic E-state index is 10.9. The number of rotatable bonds is 5. The molecule has 1 saturated heterocycles. The number of anilines is 1. The van der Waals surface area contributed by atoms with E-state index in [9.17, 15) is 4.79 Å². The van der Waals surface area contributed by atoms with Gasteiger partial charge in [-0.2, -0.15) is 0 Å². The summed E-state index contributed by atoms with van der Waals surface area (Å²) in [6.45, 7) is 6.08. The highest BCUT2D eigenvalue weighted by molar-refractivity contribution is 5.86. The standard InChI is InChI=1S/C14H20N4O2/c1-2-12(13(19)20)4-7-17-8-10-18(11-9-17)14-15-5-3-6-16-14/h3-6H,2,7-11H2,1H3,(H,19,20). The van der Waals surface area contributed by atoms with Gasteiger partial charge in [-0.15, -0.1) is 0 Å². The SMILES string of the molecule is CCC(=CCN1CCN(c2ncccn2)CC1)C(=O)O. The first kappa shape index (κ1) is 14.5. The van der Waals surface area contributed by atoms with Crippen LogP contribution in [0.5, 0.6) is 0 Å². The Balaban J connectivity index is 1.84. The Labute approximate surface area is 118 Å². The minimum atomic E-state index is -0.816. The second-order valence-corrected chi connectivity index (χ2v) is 4.72. The highest BCUT2D eigenvalue weighted by Crippen LogP contribution is 2.10. The van der Waals surface area contributed by atoms with E-state index >= 15 is 0 Å². The number of aromatic nitrogens is 2. The van der Waals surface area contributed by atoms with Crippen molar-refractivity contribution in [1.82, 2.24) is 14.9 Å². The molecule has 0 bridgehead atoms. The van der Waals surface area contributed by atoms with Crippen LogP contribution in [0.1, 0.15) is 13.3 Å². The summed E-state index contributed by atoms with van der Waals surface area (Å²) in [7, 11) is 0. The van der Waals surface area contributed by atoms with E-state index in [2.05, 4.69) is 19.8 Å². The molecule has 0 saturated carbocycles. The van der Waals surface area contributed by atoms with Crippen molar-refractivity contribution in [3.05, 3.63) is 30.1 Å². The molecule has 0 atom stereocenters. The molecule has 0 aliphatic carbocycles. The fourth-order valence-electron chi connectivity index (χ4n) is 2.21. The minimum absolute atomic E-state index is 0.485. The largest absolute Gasteiger partial charge is 0.478 e. The highest BCUT2D eigenvalue weighted by atomic mass is 16.4. The lowest BCUT2D eigenvalue weighted by atomic mass is 10.2. The molecule has 6 heteroatoms. The third kappa shape index (κ3) is 3.77. The van der Waals surface area contributed by atoms with Gasteiger partial charge in [0.1, 0.15) is 0 Å². The predicted octanol–water partition coefficient (Wildman–Crippen LogP) is 1.02. The van der Waals surface area contributed by atoms with Crippen LogP contribution in [0.4, 0.5) is 5.95 Å². The van der Waals surface area contributed by atoms with Gasteiger partial charge in [-0.3, -0.25) is 4.90 Å². The normalized spacial score (nSPS) is 17.2. The van der Waals surface area contributed by atoms with Crippen LogP contribution in [0, 0.1) is 0 Å².